The fourth-order valence-corrected chi connectivity index (χ4v) is 1.37. The smallest absolute Gasteiger partial charge is 0.407 e. The van der Waals surface area contributed by atoms with Crippen molar-refractivity contribution in [3.8, 4) is 5.75 Å². The van der Waals surface area contributed by atoms with Gasteiger partial charge >= 0.3 is 6.09 Å². The zero-order valence-corrected chi connectivity index (χ0v) is 11.7. The van der Waals surface area contributed by atoms with Gasteiger partial charge in [-0.15, -0.1) is 0 Å². The molecule has 0 fully saturated rings. The number of nitrogens with two attached hydrogens (primary N) is 1. The van der Waals surface area contributed by atoms with E-state index in [1.54, 1.807) is 0 Å². The van der Waals surface area contributed by atoms with Gasteiger partial charge in [0.25, 0.3) is 0 Å². The zero-order valence-electron chi connectivity index (χ0n) is 11.7. The lowest BCUT2D eigenvalue weighted by atomic mass is 10.2. The van der Waals surface area contributed by atoms with Crippen LogP contribution in [0, 0.1) is 0 Å². The molecule has 0 unspecified atom stereocenters. The maximum absolute atomic E-state index is 11.5. The van der Waals surface area contributed by atoms with E-state index in [1.165, 1.54) is 0 Å². The molecule has 1 aromatic rings. The van der Waals surface area contributed by atoms with E-state index in [1.807, 2.05) is 45.0 Å². The molecule has 5 heteroatoms. The van der Waals surface area contributed by atoms with Crippen molar-refractivity contribution < 1.29 is 14.3 Å². The number of ether oxygens (including phenoxy) is 2. The predicted molar refractivity (Wildman–Crippen MR) is 74.1 cm³/mol. The Bertz CT molecular complexity index is 396. The molecule has 0 spiro atoms. The topological polar surface area (TPSA) is 73.6 Å². The van der Waals surface area contributed by atoms with Crippen LogP contribution in [0.15, 0.2) is 24.3 Å². The van der Waals surface area contributed by atoms with Gasteiger partial charge in [-0.05, 0) is 38.5 Å². The number of amides is 1. The van der Waals surface area contributed by atoms with Gasteiger partial charge in [-0.2, -0.15) is 0 Å². The highest BCUT2D eigenvalue weighted by Crippen LogP contribution is 2.12. The highest BCUT2D eigenvalue weighted by molar-refractivity contribution is 5.67. The Hall–Kier alpha value is -1.75. The lowest BCUT2D eigenvalue weighted by Gasteiger charge is -2.19. The molecule has 19 heavy (non-hydrogen) atoms. The maximum atomic E-state index is 11.5. The normalized spacial score (nSPS) is 10.9. The zero-order chi connectivity index (χ0) is 14.3. The minimum Gasteiger partial charge on any atom is -0.492 e. The first-order valence-corrected chi connectivity index (χ1v) is 6.29. The molecular weight excluding hydrogens is 244 g/mol. The van der Waals surface area contributed by atoms with Gasteiger partial charge in [0, 0.05) is 13.1 Å². The quantitative estimate of drug-likeness (QED) is 0.855. The van der Waals surface area contributed by atoms with Crippen LogP contribution in [0.5, 0.6) is 5.75 Å². The predicted octanol–water partition coefficient (Wildman–Crippen LogP) is 2.05. The van der Waals surface area contributed by atoms with Crippen molar-refractivity contribution >= 4 is 6.09 Å². The van der Waals surface area contributed by atoms with Crippen LogP contribution >= 0.6 is 0 Å². The Morgan fingerprint density at radius 1 is 1.26 bits per heavy atom. The fraction of sp³-hybridized carbons (Fsp3) is 0.500. The Labute approximate surface area is 114 Å². The maximum Gasteiger partial charge on any atom is 0.407 e. The summed E-state index contributed by atoms with van der Waals surface area (Å²) in [4.78, 5) is 11.5. The number of rotatable bonds is 5. The summed E-state index contributed by atoms with van der Waals surface area (Å²) in [5, 5.41) is 2.70. The number of benzene rings is 1. The molecule has 0 radical (unpaired) electrons. The van der Waals surface area contributed by atoms with E-state index in [2.05, 4.69) is 5.32 Å². The van der Waals surface area contributed by atoms with Crippen molar-refractivity contribution in [1.29, 1.82) is 0 Å². The second kappa shape index (κ2) is 6.99. The van der Waals surface area contributed by atoms with E-state index in [4.69, 9.17) is 15.2 Å². The highest BCUT2D eigenvalue weighted by atomic mass is 16.6. The van der Waals surface area contributed by atoms with E-state index >= 15 is 0 Å². The summed E-state index contributed by atoms with van der Waals surface area (Å²) >= 11 is 0. The van der Waals surface area contributed by atoms with Crippen LogP contribution in [-0.2, 0) is 11.3 Å². The summed E-state index contributed by atoms with van der Waals surface area (Å²) in [6.45, 7) is 6.89. The Morgan fingerprint density at radius 2 is 1.89 bits per heavy atom. The van der Waals surface area contributed by atoms with Crippen LogP contribution in [0.1, 0.15) is 26.3 Å². The molecule has 0 atom stereocenters. The van der Waals surface area contributed by atoms with E-state index in [0.29, 0.717) is 19.7 Å². The SMILES string of the molecule is CC(C)(C)OC(=O)NCc1ccc(OCCN)cc1. The number of carbonyl (C=O) groups excluding carboxylic acids is 1. The largest absolute Gasteiger partial charge is 0.492 e. The third-order valence-electron chi connectivity index (χ3n) is 2.15. The molecule has 0 heterocycles. The lowest BCUT2D eigenvalue weighted by molar-refractivity contribution is 0.0523. The molecule has 0 aliphatic carbocycles. The molecule has 1 amide bonds. The molecule has 0 aromatic heterocycles. The van der Waals surface area contributed by atoms with Crippen molar-refractivity contribution in [2.24, 2.45) is 5.73 Å². The van der Waals surface area contributed by atoms with E-state index in [9.17, 15) is 4.79 Å². The molecule has 1 rings (SSSR count). The second-order valence-corrected chi connectivity index (χ2v) is 5.14. The molecule has 0 aliphatic rings. The molecule has 5 nitrogen and oxygen atoms in total. The summed E-state index contributed by atoms with van der Waals surface area (Å²) in [6, 6.07) is 7.48. The average Bonchev–Trinajstić information content (AvgIpc) is 2.33. The summed E-state index contributed by atoms with van der Waals surface area (Å²) in [7, 11) is 0. The Balaban J connectivity index is 2.39. The first kappa shape index (κ1) is 15.3. The van der Waals surface area contributed by atoms with Gasteiger partial charge in [0.15, 0.2) is 0 Å². The molecular formula is C14H22N2O3. The molecule has 3 N–H and O–H groups in total. The monoisotopic (exact) mass is 266 g/mol. The Morgan fingerprint density at radius 3 is 2.42 bits per heavy atom. The lowest BCUT2D eigenvalue weighted by Crippen LogP contribution is -2.32. The number of hydrogen-bond acceptors (Lipinski definition) is 4. The summed E-state index contributed by atoms with van der Waals surface area (Å²) in [5.41, 5.74) is 5.85. The molecule has 0 bridgehead atoms. The van der Waals surface area contributed by atoms with Gasteiger partial charge in [-0.1, -0.05) is 12.1 Å². The van der Waals surface area contributed by atoms with Crippen molar-refractivity contribution in [3.05, 3.63) is 29.8 Å². The van der Waals surface area contributed by atoms with Crippen molar-refractivity contribution in [2.75, 3.05) is 13.2 Å². The third-order valence-corrected chi connectivity index (χ3v) is 2.15. The van der Waals surface area contributed by atoms with Crippen LogP contribution in [0.4, 0.5) is 4.79 Å². The summed E-state index contributed by atoms with van der Waals surface area (Å²) in [6.07, 6.45) is -0.420. The highest BCUT2D eigenvalue weighted by Gasteiger charge is 2.15. The van der Waals surface area contributed by atoms with Gasteiger partial charge < -0.3 is 20.5 Å². The minimum atomic E-state index is -0.482. The van der Waals surface area contributed by atoms with Crippen LogP contribution < -0.4 is 15.8 Å². The molecule has 106 valence electrons. The molecule has 0 aliphatic heterocycles. The third kappa shape index (κ3) is 6.67. The van der Waals surface area contributed by atoms with Crippen LogP contribution in [0.25, 0.3) is 0 Å². The van der Waals surface area contributed by atoms with Gasteiger partial charge in [-0.25, -0.2) is 4.79 Å². The summed E-state index contributed by atoms with van der Waals surface area (Å²) in [5.74, 6) is 0.770. The van der Waals surface area contributed by atoms with Crippen molar-refractivity contribution in [1.82, 2.24) is 5.32 Å². The number of hydrogen-bond donors (Lipinski definition) is 2. The van der Waals surface area contributed by atoms with Gasteiger partial charge in [0.05, 0.1) is 0 Å². The first-order chi connectivity index (χ1) is 8.90. The van der Waals surface area contributed by atoms with E-state index in [0.717, 1.165) is 11.3 Å². The fourth-order valence-electron chi connectivity index (χ4n) is 1.37. The van der Waals surface area contributed by atoms with Crippen LogP contribution in [0.2, 0.25) is 0 Å². The number of nitrogens with one attached hydrogen (secondary N) is 1. The summed E-state index contributed by atoms with van der Waals surface area (Å²) < 4.78 is 10.5. The molecule has 1 aromatic carbocycles. The first-order valence-electron chi connectivity index (χ1n) is 6.29. The van der Waals surface area contributed by atoms with Crippen molar-refractivity contribution in [3.63, 3.8) is 0 Å². The average molecular weight is 266 g/mol. The Kier molecular flexibility index (Phi) is 5.63. The van der Waals surface area contributed by atoms with E-state index < -0.39 is 11.7 Å². The van der Waals surface area contributed by atoms with E-state index in [-0.39, 0.29) is 0 Å². The van der Waals surface area contributed by atoms with Crippen LogP contribution in [0.3, 0.4) is 0 Å². The van der Waals surface area contributed by atoms with Crippen molar-refractivity contribution in [2.45, 2.75) is 32.9 Å². The number of alkyl carbamates (subject to hydrolysis) is 1. The standard InChI is InChI=1S/C14H22N2O3/c1-14(2,3)19-13(17)16-10-11-4-6-12(7-5-11)18-9-8-15/h4-7H,8-10,15H2,1-3H3,(H,16,17). The van der Waals surface area contributed by atoms with Crippen LogP contribution in [-0.4, -0.2) is 24.8 Å². The van der Waals surface area contributed by atoms with Gasteiger partial charge in [0.1, 0.15) is 18.0 Å². The van der Waals surface area contributed by atoms with Gasteiger partial charge in [-0.3, -0.25) is 0 Å². The minimum absolute atomic E-state index is 0.420. The number of carbonyl (C=O) groups is 1. The molecule has 0 saturated carbocycles. The second-order valence-electron chi connectivity index (χ2n) is 5.14. The molecule has 0 saturated heterocycles. The van der Waals surface area contributed by atoms with Gasteiger partial charge in [0.2, 0.25) is 0 Å².